The van der Waals surface area contributed by atoms with Crippen molar-refractivity contribution < 1.29 is 31.1 Å². The Balaban J connectivity index is 2.13. The highest BCUT2D eigenvalue weighted by Crippen LogP contribution is 2.25. The molecule has 0 spiro atoms. The van der Waals surface area contributed by atoms with E-state index in [9.17, 15) is 21.6 Å². The SMILES string of the molecule is CCN(CC1CCCO1)S(=O)(=O)c1ccc(OC(F)(F)F)cc1. The predicted octanol–water partition coefficient (Wildman–Crippen LogP) is 2.77. The van der Waals surface area contributed by atoms with Gasteiger partial charge in [-0.1, -0.05) is 6.92 Å². The van der Waals surface area contributed by atoms with Crippen molar-refractivity contribution in [3.63, 3.8) is 0 Å². The van der Waals surface area contributed by atoms with Crippen molar-refractivity contribution in [3.8, 4) is 5.75 Å². The Kier molecular flexibility index (Phi) is 5.53. The highest BCUT2D eigenvalue weighted by Gasteiger charge is 2.32. The average Bonchev–Trinajstić information content (AvgIpc) is 2.96. The van der Waals surface area contributed by atoms with Crippen molar-refractivity contribution in [3.05, 3.63) is 24.3 Å². The quantitative estimate of drug-likeness (QED) is 0.789. The van der Waals surface area contributed by atoms with Crippen LogP contribution in [0.4, 0.5) is 13.2 Å². The summed E-state index contributed by atoms with van der Waals surface area (Å²) in [6.45, 7) is 2.81. The molecule has 9 heteroatoms. The first-order chi connectivity index (χ1) is 10.7. The third kappa shape index (κ3) is 4.82. The first-order valence-electron chi connectivity index (χ1n) is 7.20. The third-order valence-electron chi connectivity index (χ3n) is 3.48. The Morgan fingerprint density at radius 2 is 1.96 bits per heavy atom. The second-order valence-corrected chi connectivity index (χ2v) is 7.05. The molecule has 130 valence electrons. The van der Waals surface area contributed by atoms with Gasteiger partial charge in [0.05, 0.1) is 11.0 Å². The van der Waals surface area contributed by atoms with E-state index < -0.39 is 22.1 Å². The number of sulfonamides is 1. The maximum absolute atomic E-state index is 12.6. The van der Waals surface area contributed by atoms with Gasteiger partial charge in [0.1, 0.15) is 5.75 Å². The molecular weight excluding hydrogens is 335 g/mol. The van der Waals surface area contributed by atoms with Crippen LogP contribution >= 0.6 is 0 Å². The van der Waals surface area contributed by atoms with Gasteiger partial charge in [0.2, 0.25) is 10.0 Å². The number of benzene rings is 1. The molecule has 5 nitrogen and oxygen atoms in total. The van der Waals surface area contributed by atoms with Crippen LogP contribution < -0.4 is 4.74 Å². The number of halogens is 3. The van der Waals surface area contributed by atoms with Gasteiger partial charge in [-0.25, -0.2) is 8.42 Å². The number of likely N-dealkylation sites (N-methyl/N-ethyl adjacent to an activating group) is 1. The summed E-state index contributed by atoms with van der Waals surface area (Å²) >= 11 is 0. The highest BCUT2D eigenvalue weighted by molar-refractivity contribution is 7.89. The van der Waals surface area contributed by atoms with Gasteiger partial charge in [0, 0.05) is 19.7 Å². The summed E-state index contributed by atoms with van der Waals surface area (Å²) in [6, 6.07) is 4.18. The van der Waals surface area contributed by atoms with E-state index in [-0.39, 0.29) is 24.1 Å². The Labute approximate surface area is 133 Å². The molecule has 23 heavy (non-hydrogen) atoms. The van der Waals surface area contributed by atoms with E-state index in [1.54, 1.807) is 6.92 Å². The van der Waals surface area contributed by atoms with Crippen molar-refractivity contribution in [1.82, 2.24) is 4.31 Å². The summed E-state index contributed by atoms with van der Waals surface area (Å²) in [5, 5.41) is 0. The Hall–Kier alpha value is -1.32. The smallest absolute Gasteiger partial charge is 0.406 e. The molecule has 0 radical (unpaired) electrons. The van der Waals surface area contributed by atoms with Crippen LogP contribution in [-0.2, 0) is 14.8 Å². The van der Waals surface area contributed by atoms with Crippen LogP contribution in [0.5, 0.6) is 5.75 Å². The lowest BCUT2D eigenvalue weighted by atomic mass is 10.2. The first-order valence-corrected chi connectivity index (χ1v) is 8.64. The zero-order chi connectivity index (χ0) is 17.1. The molecular formula is C14H18F3NO4S. The molecule has 1 aromatic carbocycles. The van der Waals surface area contributed by atoms with Gasteiger partial charge in [-0.05, 0) is 37.1 Å². The summed E-state index contributed by atoms with van der Waals surface area (Å²) in [6.07, 6.45) is -3.26. The minimum Gasteiger partial charge on any atom is -0.406 e. The predicted molar refractivity (Wildman–Crippen MR) is 76.5 cm³/mol. The van der Waals surface area contributed by atoms with E-state index in [4.69, 9.17) is 4.74 Å². The normalized spacial score (nSPS) is 19.3. The maximum Gasteiger partial charge on any atom is 0.573 e. The number of ether oxygens (including phenoxy) is 2. The van der Waals surface area contributed by atoms with Gasteiger partial charge in [-0.15, -0.1) is 13.2 Å². The molecule has 0 amide bonds. The summed E-state index contributed by atoms with van der Waals surface area (Å²) < 4.78 is 71.9. The molecule has 1 aliphatic heterocycles. The van der Waals surface area contributed by atoms with Crippen molar-refractivity contribution >= 4 is 10.0 Å². The Bertz CT molecular complexity index is 610. The van der Waals surface area contributed by atoms with Crippen LogP contribution in [-0.4, -0.2) is 44.9 Å². The molecule has 2 rings (SSSR count). The first kappa shape index (κ1) is 18.0. The number of hydrogen-bond donors (Lipinski definition) is 0. The number of nitrogens with zero attached hydrogens (tertiary/aromatic N) is 1. The van der Waals surface area contributed by atoms with E-state index in [1.165, 1.54) is 4.31 Å². The Morgan fingerprint density at radius 1 is 1.30 bits per heavy atom. The molecule has 0 aromatic heterocycles. The molecule has 0 aliphatic carbocycles. The van der Waals surface area contributed by atoms with Crippen LogP contribution in [0.1, 0.15) is 19.8 Å². The molecule has 0 N–H and O–H groups in total. The molecule has 1 aliphatic rings. The van der Waals surface area contributed by atoms with Crippen LogP contribution in [0.2, 0.25) is 0 Å². The number of rotatable bonds is 6. The van der Waals surface area contributed by atoms with E-state index in [2.05, 4.69) is 4.74 Å². The molecule has 1 heterocycles. The molecule has 1 atom stereocenters. The second kappa shape index (κ2) is 7.06. The van der Waals surface area contributed by atoms with Gasteiger partial charge in [-0.3, -0.25) is 0 Å². The summed E-state index contributed by atoms with van der Waals surface area (Å²) in [5.74, 6) is -0.460. The average molecular weight is 353 g/mol. The van der Waals surface area contributed by atoms with Crippen molar-refractivity contribution in [2.45, 2.75) is 37.1 Å². The summed E-state index contributed by atoms with van der Waals surface area (Å²) in [4.78, 5) is -0.0770. The Morgan fingerprint density at radius 3 is 2.43 bits per heavy atom. The van der Waals surface area contributed by atoms with E-state index >= 15 is 0 Å². The fraction of sp³-hybridized carbons (Fsp3) is 0.571. The zero-order valence-corrected chi connectivity index (χ0v) is 13.4. The third-order valence-corrected chi connectivity index (χ3v) is 5.43. The fourth-order valence-corrected chi connectivity index (χ4v) is 3.86. The lowest BCUT2D eigenvalue weighted by molar-refractivity contribution is -0.274. The van der Waals surface area contributed by atoms with Crippen molar-refractivity contribution in [2.75, 3.05) is 19.7 Å². The van der Waals surface area contributed by atoms with Gasteiger partial charge >= 0.3 is 6.36 Å². The van der Waals surface area contributed by atoms with Crippen LogP contribution in [0.3, 0.4) is 0 Å². The molecule has 1 saturated heterocycles. The highest BCUT2D eigenvalue weighted by atomic mass is 32.2. The molecule has 0 bridgehead atoms. The molecule has 1 unspecified atom stereocenters. The fourth-order valence-electron chi connectivity index (χ4n) is 2.37. The minimum absolute atomic E-state index is 0.0770. The van der Waals surface area contributed by atoms with E-state index in [0.717, 1.165) is 37.1 Å². The standard InChI is InChI=1S/C14H18F3NO4S/c1-2-18(10-12-4-3-9-21-12)23(19,20)13-7-5-11(6-8-13)22-14(15,16)17/h5-8,12H,2-4,9-10H2,1H3. The van der Waals surface area contributed by atoms with Crippen LogP contribution in [0.15, 0.2) is 29.2 Å². The summed E-state index contributed by atoms with van der Waals surface area (Å²) in [5.41, 5.74) is 0. The van der Waals surface area contributed by atoms with Crippen molar-refractivity contribution in [1.29, 1.82) is 0 Å². The van der Waals surface area contributed by atoms with E-state index in [1.807, 2.05) is 0 Å². The second-order valence-electron chi connectivity index (χ2n) is 5.11. The molecule has 1 aromatic rings. The topological polar surface area (TPSA) is 55.8 Å². The lowest BCUT2D eigenvalue weighted by Gasteiger charge is -2.23. The van der Waals surface area contributed by atoms with Gasteiger partial charge in [0.25, 0.3) is 0 Å². The number of alkyl halides is 3. The van der Waals surface area contributed by atoms with Gasteiger partial charge in [-0.2, -0.15) is 4.31 Å². The van der Waals surface area contributed by atoms with Crippen LogP contribution in [0, 0.1) is 0 Å². The van der Waals surface area contributed by atoms with Crippen LogP contribution in [0.25, 0.3) is 0 Å². The molecule has 0 saturated carbocycles. The largest absolute Gasteiger partial charge is 0.573 e. The van der Waals surface area contributed by atoms with Gasteiger partial charge < -0.3 is 9.47 Å². The minimum atomic E-state index is -4.81. The number of hydrogen-bond acceptors (Lipinski definition) is 4. The van der Waals surface area contributed by atoms with E-state index in [0.29, 0.717) is 6.61 Å². The monoisotopic (exact) mass is 353 g/mol. The lowest BCUT2D eigenvalue weighted by Crippen LogP contribution is -2.37. The zero-order valence-electron chi connectivity index (χ0n) is 12.5. The van der Waals surface area contributed by atoms with Gasteiger partial charge in [0.15, 0.2) is 0 Å². The molecule has 1 fully saturated rings. The summed E-state index contributed by atoms with van der Waals surface area (Å²) in [7, 11) is -3.78. The maximum atomic E-state index is 12.6. The van der Waals surface area contributed by atoms with Crippen molar-refractivity contribution in [2.24, 2.45) is 0 Å².